The van der Waals surface area contributed by atoms with E-state index in [4.69, 9.17) is 23.2 Å². The molecule has 32 heavy (non-hydrogen) atoms. The molecule has 0 aliphatic carbocycles. The molecule has 1 atom stereocenters. The van der Waals surface area contributed by atoms with E-state index in [1.54, 1.807) is 28.9 Å². The molecule has 0 unspecified atom stereocenters. The minimum absolute atomic E-state index is 0.180. The van der Waals surface area contributed by atoms with Crippen LogP contribution in [0.3, 0.4) is 0 Å². The van der Waals surface area contributed by atoms with Crippen LogP contribution in [0.1, 0.15) is 27.5 Å². The van der Waals surface area contributed by atoms with Crippen LogP contribution in [0, 0.1) is 0 Å². The molecule has 1 aromatic heterocycles. The quantitative estimate of drug-likeness (QED) is 0.397. The van der Waals surface area contributed by atoms with Crippen molar-refractivity contribution in [3.8, 4) is 0 Å². The van der Waals surface area contributed by atoms with Gasteiger partial charge in [0.25, 0.3) is 11.9 Å². The molecule has 0 spiro atoms. The number of hydrogen-bond donors (Lipinski definition) is 2. The maximum absolute atomic E-state index is 12.7. The summed E-state index contributed by atoms with van der Waals surface area (Å²) in [7, 11) is 0. The van der Waals surface area contributed by atoms with Crippen LogP contribution in [0.5, 0.6) is 0 Å². The van der Waals surface area contributed by atoms with Crippen molar-refractivity contribution < 1.29 is 4.79 Å². The largest absolute Gasteiger partial charge is 0.324 e. The Bertz CT molecular complexity index is 1320. The highest BCUT2D eigenvalue weighted by Gasteiger charge is 2.26. The smallest absolute Gasteiger partial charge is 0.259 e. The standard InChI is InChI=1S/C24H17Cl2N5O/c25-17-12-10-16(11-13-17)21-14-20(15-6-2-1-3-7-15)27-24-29-23(30-31(21)24)28-22(32)18-8-4-5-9-19(18)26/h1-14,21H,(H2,27,28,29,30,32)/t21-/m1/s1. The van der Waals surface area contributed by atoms with Gasteiger partial charge in [-0.3, -0.25) is 10.1 Å². The summed E-state index contributed by atoms with van der Waals surface area (Å²) in [5, 5.41) is 11.6. The van der Waals surface area contributed by atoms with Crippen molar-refractivity contribution in [2.45, 2.75) is 6.04 Å². The number of nitrogens with zero attached hydrogens (tertiary/aromatic N) is 3. The van der Waals surface area contributed by atoms with E-state index >= 15 is 0 Å². The van der Waals surface area contributed by atoms with Crippen LogP contribution in [-0.4, -0.2) is 20.7 Å². The van der Waals surface area contributed by atoms with E-state index < -0.39 is 0 Å². The zero-order valence-corrected chi connectivity index (χ0v) is 18.2. The van der Waals surface area contributed by atoms with E-state index in [1.165, 1.54) is 0 Å². The second kappa shape index (κ2) is 8.49. The molecule has 1 aliphatic heterocycles. The van der Waals surface area contributed by atoms with Crippen LogP contribution < -0.4 is 10.6 Å². The van der Waals surface area contributed by atoms with Gasteiger partial charge < -0.3 is 5.32 Å². The van der Waals surface area contributed by atoms with Gasteiger partial charge in [0, 0.05) is 10.7 Å². The summed E-state index contributed by atoms with van der Waals surface area (Å²) >= 11 is 12.2. The summed E-state index contributed by atoms with van der Waals surface area (Å²) in [4.78, 5) is 17.2. The molecule has 8 heteroatoms. The van der Waals surface area contributed by atoms with Crippen LogP contribution in [-0.2, 0) is 0 Å². The van der Waals surface area contributed by atoms with E-state index in [0.717, 1.165) is 16.8 Å². The molecule has 2 N–H and O–H groups in total. The molecule has 3 aromatic carbocycles. The predicted molar refractivity (Wildman–Crippen MR) is 127 cm³/mol. The van der Waals surface area contributed by atoms with Gasteiger partial charge in [0.05, 0.1) is 10.6 Å². The molecule has 1 amide bonds. The number of hydrogen-bond acceptors (Lipinski definition) is 4. The van der Waals surface area contributed by atoms with Gasteiger partial charge in [-0.1, -0.05) is 77.8 Å². The Morgan fingerprint density at radius 3 is 2.41 bits per heavy atom. The van der Waals surface area contributed by atoms with Gasteiger partial charge in [0.15, 0.2) is 0 Å². The molecule has 0 saturated heterocycles. The number of carbonyl (C=O) groups excluding carboxylic acids is 1. The first-order valence-electron chi connectivity index (χ1n) is 9.90. The fourth-order valence-corrected chi connectivity index (χ4v) is 3.89. The second-order valence-electron chi connectivity index (χ2n) is 7.21. The molecule has 2 heterocycles. The lowest BCUT2D eigenvalue weighted by Crippen LogP contribution is -2.20. The lowest BCUT2D eigenvalue weighted by atomic mass is 10.0. The molecule has 4 aromatic rings. The molecule has 1 aliphatic rings. The van der Waals surface area contributed by atoms with Gasteiger partial charge in [-0.2, -0.15) is 4.98 Å². The minimum Gasteiger partial charge on any atom is -0.324 e. The summed E-state index contributed by atoms with van der Waals surface area (Å²) in [6.45, 7) is 0. The third-order valence-corrected chi connectivity index (χ3v) is 5.69. The van der Waals surface area contributed by atoms with Crippen molar-refractivity contribution in [2.24, 2.45) is 0 Å². The zero-order valence-electron chi connectivity index (χ0n) is 16.7. The number of anilines is 2. The number of halogens is 2. The van der Waals surface area contributed by atoms with Crippen molar-refractivity contribution in [2.75, 3.05) is 10.6 Å². The molecule has 0 radical (unpaired) electrons. The number of aromatic nitrogens is 3. The Morgan fingerprint density at radius 1 is 0.938 bits per heavy atom. The van der Waals surface area contributed by atoms with Crippen LogP contribution in [0.2, 0.25) is 10.0 Å². The maximum atomic E-state index is 12.7. The molecule has 5 rings (SSSR count). The number of carbonyl (C=O) groups is 1. The molecular weight excluding hydrogens is 445 g/mol. The number of nitrogens with one attached hydrogen (secondary N) is 2. The van der Waals surface area contributed by atoms with Crippen molar-refractivity contribution in [3.63, 3.8) is 0 Å². The Balaban J connectivity index is 1.52. The van der Waals surface area contributed by atoms with Crippen LogP contribution >= 0.6 is 23.2 Å². The Kier molecular flexibility index (Phi) is 5.39. The van der Waals surface area contributed by atoms with Crippen molar-refractivity contribution in [1.82, 2.24) is 14.8 Å². The number of rotatable bonds is 4. The highest BCUT2D eigenvalue weighted by molar-refractivity contribution is 6.34. The van der Waals surface area contributed by atoms with Gasteiger partial charge in [-0.15, -0.1) is 5.10 Å². The molecule has 0 saturated carbocycles. The Morgan fingerprint density at radius 2 is 1.66 bits per heavy atom. The normalized spacial score (nSPS) is 14.8. The summed E-state index contributed by atoms with van der Waals surface area (Å²) in [5.41, 5.74) is 3.25. The monoisotopic (exact) mass is 461 g/mol. The third kappa shape index (κ3) is 3.98. The van der Waals surface area contributed by atoms with Crippen molar-refractivity contribution >= 4 is 46.7 Å². The van der Waals surface area contributed by atoms with Crippen LogP contribution in [0.4, 0.5) is 11.9 Å². The zero-order chi connectivity index (χ0) is 22.1. The SMILES string of the molecule is O=C(Nc1nc2n(n1)[C@@H](c1ccc(Cl)cc1)C=C(c1ccccc1)N2)c1ccccc1Cl. The number of benzene rings is 3. The number of amides is 1. The first-order valence-corrected chi connectivity index (χ1v) is 10.7. The van der Waals surface area contributed by atoms with Gasteiger partial charge in [0.1, 0.15) is 6.04 Å². The minimum atomic E-state index is -0.377. The first-order chi connectivity index (χ1) is 15.6. The van der Waals surface area contributed by atoms with Crippen LogP contribution in [0.15, 0.2) is 84.9 Å². The van der Waals surface area contributed by atoms with Gasteiger partial charge in [0.2, 0.25) is 5.95 Å². The Hall–Kier alpha value is -3.61. The number of fused-ring (bicyclic) bond motifs is 1. The highest BCUT2D eigenvalue weighted by Crippen LogP contribution is 2.33. The van der Waals surface area contributed by atoms with Crippen molar-refractivity contribution in [1.29, 1.82) is 0 Å². The molecule has 0 fully saturated rings. The maximum Gasteiger partial charge on any atom is 0.259 e. The predicted octanol–water partition coefficient (Wildman–Crippen LogP) is 5.89. The van der Waals surface area contributed by atoms with Gasteiger partial charge in [-0.25, -0.2) is 4.68 Å². The van der Waals surface area contributed by atoms with E-state index in [-0.39, 0.29) is 17.9 Å². The van der Waals surface area contributed by atoms with Crippen molar-refractivity contribution in [3.05, 3.63) is 112 Å². The summed E-state index contributed by atoms with van der Waals surface area (Å²) in [6.07, 6.45) is 2.07. The second-order valence-corrected chi connectivity index (χ2v) is 8.05. The van der Waals surface area contributed by atoms with E-state index in [2.05, 4.69) is 26.8 Å². The van der Waals surface area contributed by atoms with E-state index in [9.17, 15) is 4.79 Å². The lowest BCUT2D eigenvalue weighted by Gasteiger charge is -2.24. The van der Waals surface area contributed by atoms with E-state index in [1.807, 2.05) is 54.6 Å². The summed E-state index contributed by atoms with van der Waals surface area (Å²) in [5.74, 6) is 0.317. The number of allylic oxidation sites excluding steroid dienone is 1. The van der Waals surface area contributed by atoms with E-state index in [0.29, 0.717) is 21.6 Å². The first kappa shape index (κ1) is 20.3. The summed E-state index contributed by atoms with van der Waals surface area (Å²) in [6, 6.07) is 24.1. The third-order valence-electron chi connectivity index (χ3n) is 5.11. The molecule has 0 bridgehead atoms. The van der Waals surface area contributed by atoms with Gasteiger partial charge in [-0.05, 0) is 41.5 Å². The van der Waals surface area contributed by atoms with Crippen LogP contribution in [0.25, 0.3) is 5.70 Å². The molecule has 158 valence electrons. The molecular formula is C24H17Cl2N5O. The Labute approximate surface area is 194 Å². The lowest BCUT2D eigenvalue weighted by molar-refractivity contribution is 0.102. The average Bonchev–Trinajstić information content (AvgIpc) is 3.22. The fourth-order valence-electron chi connectivity index (χ4n) is 3.54. The fraction of sp³-hybridized carbons (Fsp3) is 0.0417. The molecule has 6 nitrogen and oxygen atoms in total. The highest BCUT2D eigenvalue weighted by atomic mass is 35.5. The summed E-state index contributed by atoms with van der Waals surface area (Å²) < 4.78 is 1.73. The van der Waals surface area contributed by atoms with Gasteiger partial charge >= 0.3 is 0 Å². The average molecular weight is 462 g/mol. The topological polar surface area (TPSA) is 71.8 Å².